The summed E-state index contributed by atoms with van der Waals surface area (Å²) >= 11 is 0. The van der Waals surface area contributed by atoms with E-state index in [2.05, 4.69) is 17.6 Å². The number of nitrogens with zero attached hydrogens (tertiary/aromatic N) is 1. The highest BCUT2D eigenvalue weighted by Gasteiger charge is 2.32. The summed E-state index contributed by atoms with van der Waals surface area (Å²) in [5.74, 6) is -0.851. The fourth-order valence-electron chi connectivity index (χ4n) is 2.48. The van der Waals surface area contributed by atoms with Gasteiger partial charge in [-0.05, 0) is 30.7 Å². The molecule has 0 bridgehead atoms. The van der Waals surface area contributed by atoms with Gasteiger partial charge in [0.1, 0.15) is 18.5 Å². The van der Waals surface area contributed by atoms with Crippen LogP contribution in [0.1, 0.15) is 19.8 Å². The minimum Gasteiger partial charge on any atom is -0.372 e. The van der Waals surface area contributed by atoms with Gasteiger partial charge in [-0.1, -0.05) is 13.3 Å². The molecule has 1 aromatic carbocycles. The highest BCUT2D eigenvalue weighted by atomic mass is 19.1. The lowest BCUT2D eigenvalue weighted by Crippen LogP contribution is -2.59. The predicted octanol–water partition coefficient (Wildman–Crippen LogP) is 1.38. The molecule has 0 aromatic heterocycles. The van der Waals surface area contributed by atoms with Gasteiger partial charge in [0.15, 0.2) is 0 Å². The third-order valence-electron chi connectivity index (χ3n) is 3.85. The van der Waals surface area contributed by atoms with Crippen molar-refractivity contribution in [2.24, 2.45) is 0 Å². The van der Waals surface area contributed by atoms with Crippen LogP contribution < -0.4 is 10.6 Å². The first-order valence-electron chi connectivity index (χ1n) is 8.26. The molecule has 1 atom stereocenters. The number of hydrogen-bond acceptors (Lipinski definition) is 4. The van der Waals surface area contributed by atoms with Crippen molar-refractivity contribution < 1.29 is 18.7 Å². The summed E-state index contributed by atoms with van der Waals surface area (Å²) in [6, 6.07) is 4.93. The molecule has 1 saturated heterocycles. The van der Waals surface area contributed by atoms with Crippen LogP contribution in [-0.2, 0) is 14.3 Å². The number of piperazine rings is 1. The predicted molar refractivity (Wildman–Crippen MR) is 89.1 cm³/mol. The van der Waals surface area contributed by atoms with E-state index >= 15 is 0 Å². The van der Waals surface area contributed by atoms with Gasteiger partial charge >= 0.3 is 0 Å². The molecule has 2 amide bonds. The maximum atomic E-state index is 12.9. The molecule has 0 aliphatic carbocycles. The fourth-order valence-corrected chi connectivity index (χ4v) is 2.48. The molecule has 1 unspecified atom stereocenters. The quantitative estimate of drug-likeness (QED) is 0.738. The van der Waals surface area contributed by atoms with Gasteiger partial charge in [-0.2, -0.15) is 0 Å². The Morgan fingerprint density at radius 3 is 2.83 bits per heavy atom. The van der Waals surface area contributed by atoms with E-state index in [0.717, 1.165) is 12.8 Å². The average Bonchev–Trinajstić information content (AvgIpc) is 2.60. The monoisotopic (exact) mass is 337 g/mol. The number of hydrogen-bond donors (Lipinski definition) is 2. The second kappa shape index (κ2) is 9.34. The minimum atomic E-state index is -0.605. The molecule has 2 N–H and O–H groups in total. The maximum absolute atomic E-state index is 12.9. The number of carbonyl (C=O) groups excluding carboxylic acids is 2. The van der Waals surface area contributed by atoms with Crippen LogP contribution in [-0.4, -0.2) is 55.6 Å². The number of ether oxygens (including phenoxy) is 1. The van der Waals surface area contributed by atoms with Gasteiger partial charge in [-0.25, -0.2) is 4.39 Å². The van der Waals surface area contributed by atoms with E-state index in [4.69, 9.17) is 4.74 Å². The third-order valence-corrected chi connectivity index (χ3v) is 3.85. The van der Waals surface area contributed by atoms with Crippen LogP contribution in [0.4, 0.5) is 10.1 Å². The minimum absolute atomic E-state index is 0.0136. The van der Waals surface area contributed by atoms with Crippen molar-refractivity contribution in [3.05, 3.63) is 30.1 Å². The van der Waals surface area contributed by atoms with Crippen molar-refractivity contribution in [2.75, 3.05) is 38.2 Å². The van der Waals surface area contributed by atoms with Crippen LogP contribution in [0.3, 0.4) is 0 Å². The summed E-state index contributed by atoms with van der Waals surface area (Å²) in [6.45, 7) is 4.06. The van der Waals surface area contributed by atoms with Crippen LogP contribution in [0.25, 0.3) is 0 Å². The van der Waals surface area contributed by atoms with Gasteiger partial charge in [0, 0.05) is 31.9 Å². The topological polar surface area (TPSA) is 70.7 Å². The second-order valence-electron chi connectivity index (χ2n) is 5.71. The summed E-state index contributed by atoms with van der Waals surface area (Å²) in [7, 11) is 0. The smallest absolute Gasteiger partial charge is 0.249 e. The lowest BCUT2D eigenvalue weighted by atomic mass is 10.1. The number of amides is 2. The molecule has 1 aliphatic heterocycles. The van der Waals surface area contributed by atoms with Gasteiger partial charge < -0.3 is 20.3 Å². The van der Waals surface area contributed by atoms with E-state index in [9.17, 15) is 14.0 Å². The van der Waals surface area contributed by atoms with Crippen molar-refractivity contribution in [3.8, 4) is 0 Å². The first-order valence-corrected chi connectivity index (χ1v) is 8.26. The van der Waals surface area contributed by atoms with E-state index in [1.54, 1.807) is 4.90 Å². The Balaban J connectivity index is 1.93. The van der Waals surface area contributed by atoms with E-state index in [1.807, 2.05) is 0 Å². The van der Waals surface area contributed by atoms with Crippen LogP contribution in [0.15, 0.2) is 24.3 Å². The van der Waals surface area contributed by atoms with Crippen molar-refractivity contribution in [1.82, 2.24) is 10.2 Å². The maximum Gasteiger partial charge on any atom is 0.249 e. The molecule has 24 heavy (non-hydrogen) atoms. The third kappa shape index (κ3) is 5.28. The Morgan fingerprint density at radius 1 is 1.38 bits per heavy atom. The molecular formula is C17H24FN3O3. The highest BCUT2D eigenvalue weighted by molar-refractivity contribution is 5.97. The zero-order valence-electron chi connectivity index (χ0n) is 13.9. The molecule has 1 fully saturated rings. The van der Waals surface area contributed by atoms with Crippen molar-refractivity contribution >= 4 is 17.5 Å². The van der Waals surface area contributed by atoms with E-state index in [-0.39, 0.29) is 24.2 Å². The average molecular weight is 337 g/mol. The first-order chi connectivity index (χ1) is 11.6. The number of rotatable bonds is 7. The van der Waals surface area contributed by atoms with Crippen LogP contribution in [0.5, 0.6) is 0 Å². The van der Waals surface area contributed by atoms with Crippen LogP contribution in [0, 0.1) is 5.82 Å². The van der Waals surface area contributed by atoms with E-state index in [1.165, 1.54) is 24.3 Å². The molecule has 2 rings (SSSR count). The Morgan fingerprint density at radius 2 is 2.12 bits per heavy atom. The molecule has 0 saturated carbocycles. The molecule has 7 heteroatoms. The molecule has 1 aromatic rings. The fraction of sp³-hybridized carbons (Fsp3) is 0.529. The van der Waals surface area contributed by atoms with Crippen LogP contribution in [0.2, 0.25) is 0 Å². The highest BCUT2D eigenvalue weighted by Crippen LogP contribution is 2.12. The van der Waals surface area contributed by atoms with Crippen molar-refractivity contribution in [1.29, 1.82) is 0 Å². The van der Waals surface area contributed by atoms with Crippen LogP contribution >= 0.6 is 0 Å². The number of carbonyl (C=O) groups is 2. The first kappa shape index (κ1) is 18.4. The van der Waals surface area contributed by atoms with E-state index in [0.29, 0.717) is 31.9 Å². The van der Waals surface area contributed by atoms with Gasteiger partial charge in [0.25, 0.3) is 0 Å². The zero-order valence-corrected chi connectivity index (χ0v) is 13.9. The molecule has 0 spiro atoms. The molecule has 0 radical (unpaired) electrons. The Bertz CT molecular complexity index is 551. The lowest BCUT2D eigenvalue weighted by molar-refractivity contribution is -0.143. The number of nitrogens with one attached hydrogen (secondary N) is 2. The molecule has 1 heterocycles. The van der Waals surface area contributed by atoms with E-state index < -0.39 is 6.04 Å². The number of halogens is 1. The summed E-state index contributed by atoms with van der Waals surface area (Å²) in [5.41, 5.74) is 0.499. The summed E-state index contributed by atoms with van der Waals surface area (Å²) in [4.78, 5) is 26.3. The number of anilines is 1. The summed E-state index contributed by atoms with van der Waals surface area (Å²) in [5, 5.41) is 5.84. The van der Waals surface area contributed by atoms with Gasteiger partial charge in [-0.3, -0.25) is 9.59 Å². The van der Waals surface area contributed by atoms with Crippen molar-refractivity contribution in [2.45, 2.75) is 25.8 Å². The Kier molecular flexibility index (Phi) is 7.14. The van der Waals surface area contributed by atoms with Gasteiger partial charge in [0.2, 0.25) is 11.8 Å². The molecule has 132 valence electrons. The summed E-state index contributed by atoms with van der Waals surface area (Å²) < 4.78 is 18.3. The molecule has 1 aliphatic rings. The zero-order chi connectivity index (χ0) is 17.4. The Labute approximate surface area is 141 Å². The SMILES string of the molecule is CCCCOCC(=O)N1CCNCC1C(=O)Nc1ccc(F)cc1. The largest absolute Gasteiger partial charge is 0.372 e. The Hall–Kier alpha value is -1.99. The number of unbranched alkanes of at least 4 members (excludes halogenated alkanes) is 1. The normalized spacial score (nSPS) is 17.6. The lowest BCUT2D eigenvalue weighted by Gasteiger charge is -2.35. The molecular weight excluding hydrogens is 313 g/mol. The van der Waals surface area contributed by atoms with Crippen molar-refractivity contribution in [3.63, 3.8) is 0 Å². The number of benzene rings is 1. The standard InChI is InChI=1S/C17H24FN3O3/c1-2-3-10-24-12-16(22)21-9-8-19-11-15(21)17(23)20-14-6-4-13(18)5-7-14/h4-7,15,19H,2-3,8-12H2,1H3,(H,20,23). The molecule has 6 nitrogen and oxygen atoms in total. The van der Waals surface area contributed by atoms with Gasteiger partial charge in [-0.15, -0.1) is 0 Å². The summed E-state index contributed by atoms with van der Waals surface area (Å²) in [6.07, 6.45) is 1.91. The second-order valence-corrected chi connectivity index (χ2v) is 5.71. The van der Waals surface area contributed by atoms with Gasteiger partial charge in [0.05, 0.1) is 0 Å².